The van der Waals surface area contributed by atoms with Crippen molar-refractivity contribution in [3.8, 4) is 0 Å². The SMILES string of the molecule is CN(C)c1ccc(C2=CC(=C3C=CC(=[N+](C)C)C=C3)OC(CN3C(=O)CCC3=O)=C2)cc1.[I-]. The third-order valence-corrected chi connectivity index (χ3v) is 5.70. The molecule has 0 saturated carbocycles. The third kappa shape index (κ3) is 5.52. The number of halogens is 1. The fourth-order valence-electron chi connectivity index (χ4n) is 3.77. The highest BCUT2D eigenvalue weighted by Gasteiger charge is 2.31. The fraction of sp³-hybridized carbons (Fsp3) is 0.269. The van der Waals surface area contributed by atoms with Crippen molar-refractivity contribution in [1.29, 1.82) is 0 Å². The first-order chi connectivity index (χ1) is 15.3. The number of carbonyl (C=O) groups excluding carboxylic acids is 2. The van der Waals surface area contributed by atoms with E-state index in [1.807, 2.05) is 69.2 Å². The van der Waals surface area contributed by atoms with Gasteiger partial charge in [-0.3, -0.25) is 14.5 Å². The number of carbonyl (C=O) groups is 2. The second-order valence-corrected chi connectivity index (χ2v) is 8.43. The molecule has 1 aromatic carbocycles. The van der Waals surface area contributed by atoms with E-state index in [1.165, 1.54) is 4.90 Å². The number of nitrogens with zero attached hydrogens (tertiary/aromatic N) is 3. The summed E-state index contributed by atoms with van der Waals surface area (Å²) in [4.78, 5) is 27.7. The van der Waals surface area contributed by atoms with Gasteiger partial charge in [0.05, 0.1) is 6.54 Å². The number of hydrogen-bond acceptors (Lipinski definition) is 4. The number of allylic oxidation sites excluding steroid dienone is 8. The maximum atomic E-state index is 12.2. The van der Waals surface area contributed by atoms with E-state index in [1.54, 1.807) is 0 Å². The summed E-state index contributed by atoms with van der Waals surface area (Å²) in [5.74, 6) is 0.971. The summed E-state index contributed by atoms with van der Waals surface area (Å²) in [6.07, 6.45) is 12.6. The molecule has 6 nitrogen and oxygen atoms in total. The van der Waals surface area contributed by atoms with Crippen molar-refractivity contribution in [3.63, 3.8) is 0 Å². The van der Waals surface area contributed by atoms with Crippen LogP contribution >= 0.6 is 0 Å². The predicted molar refractivity (Wildman–Crippen MR) is 126 cm³/mol. The lowest BCUT2D eigenvalue weighted by Crippen LogP contribution is -3.00. The van der Waals surface area contributed by atoms with E-state index in [9.17, 15) is 9.59 Å². The zero-order valence-electron chi connectivity index (χ0n) is 19.3. The van der Waals surface area contributed by atoms with Gasteiger partial charge in [0, 0.05) is 50.3 Å². The van der Waals surface area contributed by atoms with Crippen LogP contribution in [0.25, 0.3) is 5.57 Å². The smallest absolute Gasteiger partial charge is 0.230 e. The Bertz CT molecular complexity index is 1110. The van der Waals surface area contributed by atoms with Crippen molar-refractivity contribution in [2.24, 2.45) is 0 Å². The van der Waals surface area contributed by atoms with Gasteiger partial charge < -0.3 is 33.6 Å². The molecule has 0 radical (unpaired) electrons. The van der Waals surface area contributed by atoms with Crippen molar-refractivity contribution in [1.82, 2.24) is 4.90 Å². The molecule has 0 spiro atoms. The second kappa shape index (κ2) is 10.3. The van der Waals surface area contributed by atoms with E-state index >= 15 is 0 Å². The highest BCUT2D eigenvalue weighted by atomic mass is 127. The van der Waals surface area contributed by atoms with Crippen LogP contribution in [0.5, 0.6) is 0 Å². The summed E-state index contributed by atoms with van der Waals surface area (Å²) in [7, 11) is 8.02. The van der Waals surface area contributed by atoms with Crippen LogP contribution in [0, 0.1) is 0 Å². The zero-order chi connectivity index (χ0) is 22.8. The van der Waals surface area contributed by atoms with Crippen LogP contribution in [0.3, 0.4) is 0 Å². The van der Waals surface area contributed by atoms with E-state index < -0.39 is 0 Å². The number of benzene rings is 1. The van der Waals surface area contributed by atoms with Gasteiger partial charge in [-0.1, -0.05) is 12.1 Å². The molecule has 1 aliphatic carbocycles. The Morgan fingerprint density at radius 3 is 2.09 bits per heavy atom. The van der Waals surface area contributed by atoms with Crippen LogP contribution in [0.1, 0.15) is 18.4 Å². The summed E-state index contributed by atoms with van der Waals surface area (Å²) in [6, 6.07) is 8.27. The summed E-state index contributed by atoms with van der Waals surface area (Å²) >= 11 is 0. The van der Waals surface area contributed by atoms with Crippen molar-refractivity contribution < 1.29 is 42.9 Å². The summed E-state index contributed by atoms with van der Waals surface area (Å²) < 4.78 is 8.22. The van der Waals surface area contributed by atoms with E-state index in [0.29, 0.717) is 11.5 Å². The highest BCUT2D eigenvalue weighted by Crippen LogP contribution is 2.31. The summed E-state index contributed by atoms with van der Waals surface area (Å²) in [6.45, 7) is 0.143. The maximum absolute atomic E-state index is 12.2. The molecular formula is C26H28IN3O3. The molecule has 4 rings (SSSR count). The van der Waals surface area contributed by atoms with E-state index in [0.717, 1.165) is 28.1 Å². The minimum absolute atomic E-state index is 0. The van der Waals surface area contributed by atoms with Gasteiger partial charge in [0.15, 0.2) is 5.71 Å². The van der Waals surface area contributed by atoms with Crippen LogP contribution in [-0.4, -0.2) is 61.7 Å². The Morgan fingerprint density at radius 2 is 1.55 bits per heavy atom. The molecule has 0 atom stereocenters. The van der Waals surface area contributed by atoms with Crippen LogP contribution in [0.4, 0.5) is 5.69 Å². The summed E-state index contributed by atoms with van der Waals surface area (Å²) in [5.41, 5.74) is 5.16. The van der Waals surface area contributed by atoms with Gasteiger partial charge in [0.1, 0.15) is 25.6 Å². The van der Waals surface area contributed by atoms with E-state index in [-0.39, 0.29) is 55.2 Å². The molecule has 1 saturated heterocycles. The van der Waals surface area contributed by atoms with Crippen LogP contribution in [0.15, 0.2) is 77.8 Å². The Morgan fingerprint density at radius 1 is 0.939 bits per heavy atom. The lowest BCUT2D eigenvalue weighted by atomic mass is 9.99. The molecule has 0 aromatic heterocycles. The number of hydrogen-bond donors (Lipinski definition) is 0. The minimum atomic E-state index is -0.150. The molecule has 7 heteroatoms. The largest absolute Gasteiger partial charge is 1.00 e. The minimum Gasteiger partial charge on any atom is -1.00 e. The third-order valence-electron chi connectivity index (χ3n) is 5.70. The van der Waals surface area contributed by atoms with Crippen molar-refractivity contribution in [2.45, 2.75) is 12.8 Å². The first kappa shape index (κ1) is 24.7. The quantitative estimate of drug-likeness (QED) is 0.304. The van der Waals surface area contributed by atoms with Gasteiger partial charge >= 0.3 is 0 Å². The molecule has 172 valence electrons. The maximum Gasteiger partial charge on any atom is 0.230 e. The van der Waals surface area contributed by atoms with Crippen LogP contribution in [0.2, 0.25) is 0 Å². The Kier molecular flexibility index (Phi) is 7.73. The number of ether oxygens (including phenoxy) is 1. The molecule has 2 aliphatic heterocycles. The van der Waals surface area contributed by atoms with Gasteiger partial charge in [-0.25, -0.2) is 4.58 Å². The molecule has 2 amide bonds. The topological polar surface area (TPSA) is 52.9 Å². The Hall–Kier alpha value is -2.94. The molecule has 2 heterocycles. The number of imide groups is 1. The molecule has 1 aromatic rings. The zero-order valence-corrected chi connectivity index (χ0v) is 21.5. The monoisotopic (exact) mass is 557 g/mol. The molecular weight excluding hydrogens is 529 g/mol. The Labute approximate surface area is 211 Å². The molecule has 0 N–H and O–H groups in total. The fourth-order valence-corrected chi connectivity index (χ4v) is 3.77. The van der Waals surface area contributed by atoms with E-state index in [2.05, 4.69) is 29.2 Å². The van der Waals surface area contributed by atoms with Gasteiger partial charge in [0.2, 0.25) is 11.8 Å². The number of likely N-dealkylation sites (tertiary alicyclic amines) is 1. The van der Waals surface area contributed by atoms with Crippen LogP contribution < -0.4 is 28.9 Å². The molecule has 1 fully saturated rings. The average molecular weight is 557 g/mol. The van der Waals surface area contributed by atoms with Gasteiger partial charge in [0.25, 0.3) is 0 Å². The van der Waals surface area contributed by atoms with E-state index in [4.69, 9.17) is 4.74 Å². The number of amides is 2. The van der Waals surface area contributed by atoms with Gasteiger partial charge in [-0.05, 0) is 47.6 Å². The lowest BCUT2D eigenvalue weighted by Gasteiger charge is -2.23. The predicted octanol–water partition coefficient (Wildman–Crippen LogP) is 0.296. The van der Waals surface area contributed by atoms with Crippen molar-refractivity contribution >= 4 is 28.8 Å². The highest BCUT2D eigenvalue weighted by molar-refractivity contribution is 6.03. The second-order valence-electron chi connectivity index (χ2n) is 8.43. The average Bonchev–Trinajstić information content (AvgIpc) is 3.11. The number of rotatable bonds is 4. The normalized spacial score (nSPS) is 17.6. The Balaban J connectivity index is 0.00000306. The van der Waals surface area contributed by atoms with Crippen molar-refractivity contribution in [3.05, 3.63) is 83.4 Å². The lowest BCUT2D eigenvalue weighted by molar-refractivity contribution is -0.462. The molecule has 0 bridgehead atoms. The number of anilines is 1. The molecule has 0 unspecified atom stereocenters. The molecule has 3 aliphatic rings. The summed E-state index contributed by atoms with van der Waals surface area (Å²) in [5, 5.41) is 0. The standard InChI is InChI=1S/C26H28N3O3.HI/c1-27(2)21-9-5-18(6-10-21)20-15-23(17-29-25(30)13-14-26(29)31)32-24(16-20)19-7-11-22(12-8-19)28(3)4;/h5-12,15-16H,13-14,17H2,1-4H3;1H/q+1;/p-1. The first-order valence-corrected chi connectivity index (χ1v) is 10.7. The van der Waals surface area contributed by atoms with Crippen molar-refractivity contribution in [2.75, 3.05) is 39.6 Å². The van der Waals surface area contributed by atoms with Gasteiger partial charge in [-0.15, -0.1) is 0 Å². The molecule has 33 heavy (non-hydrogen) atoms. The van der Waals surface area contributed by atoms with Crippen LogP contribution in [-0.2, 0) is 14.3 Å². The van der Waals surface area contributed by atoms with Gasteiger partial charge in [-0.2, -0.15) is 0 Å². The first-order valence-electron chi connectivity index (χ1n) is 10.7.